The van der Waals surface area contributed by atoms with Crippen molar-refractivity contribution >= 4 is 22.7 Å². The Morgan fingerprint density at radius 1 is 0.875 bits per heavy atom. The highest BCUT2D eigenvalue weighted by atomic mass is 35.5. The molecule has 0 heterocycles. The molecule has 0 aliphatic carbocycles. The van der Waals surface area contributed by atoms with Crippen molar-refractivity contribution in [3.05, 3.63) is 65.7 Å². The van der Waals surface area contributed by atoms with Crippen LogP contribution in [0.2, 0.25) is 5.02 Å². The Labute approximate surface area is 102 Å². The highest BCUT2D eigenvalue weighted by Crippen LogP contribution is 2.10. The summed E-state index contributed by atoms with van der Waals surface area (Å²) in [5.41, 5.74) is 0. The van der Waals surface area contributed by atoms with Crippen LogP contribution in [0.3, 0.4) is 0 Å². The van der Waals surface area contributed by atoms with Crippen LogP contribution in [-0.2, 0) is 11.1 Å². The first kappa shape index (κ1) is 12.9. The van der Waals surface area contributed by atoms with Gasteiger partial charge in [-0.1, -0.05) is 48.0 Å². The third-order valence-electron chi connectivity index (χ3n) is 1.68. The van der Waals surface area contributed by atoms with Crippen molar-refractivity contribution < 1.29 is 8.76 Å². The fraction of sp³-hybridized carbons (Fsp3) is 0. The lowest BCUT2D eigenvalue weighted by Gasteiger charge is -1.92. The van der Waals surface area contributed by atoms with Gasteiger partial charge in [0.1, 0.15) is 0 Å². The van der Waals surface area contributed by atoms with Crippen molar-refractivity contribution in [1.29, 1.82) is 0 Å². The maximum Gasteiger partial charge on any atom is 0.186 e. The lowest BCUT2D eigenvalue weighted by atomic mass is 10.4. The lowest BCUT2D eigenvalue weighted by molar-refractivity contribution is 0.564. The molecule has 0 saturated carbocycles. The molecule has 0 aliphatic rings. The zero-order valence-electron chi connectivity index (χ0n) is 8.42. The quantitative estimate of drug-likeness (QED) is 0.790. The largest absolute Gasteiger partial charge is 0.302 e. The first-order valence-corrected chi connectivity index (χ1v) is 6.05. The molecule has 0 aliphatic heterocycles. The summed E-state index contributed by atoms with van der Waals surface area (Å²) in [5, 5.41) is 0.564. The van der Waals surface area contributed by atoms with Crippen LogP contribution in [0.5, 0.6) is 0 Å². The Kier molecular flexibility index (Phi) is 5.78. The van der Waals surface area contributed by atoms with Gasteiger partial charge in [-0.2, -0.15) is 0 Å². The van der Waals surface area contributed by atoms with Crippen LogP contribution < -0.4 is 0 Å². The first-order valence-electron chi connectivity index (χ1n) is 4.56. The van der Waals surface area contributed by atoms with E-state index in [9.17, 15) is 4.21 Å². The van der Waals surface area contributed by atoms with Crippen molar-refractivity contribution in [2.45, 2.75) is 4.90 Å². The standard InChI is InChI=1S/C6H5ClO2S.C6H6/c7-5-1-3-6(4-2-5)10(8)9;1-2-4-6-5-3-1/h1-4H,(H,8,9);1-6H. The molecule has 0 fully saturated rings. The van der Waals surface area contributed by atoms with Crippen molar-refractivity contribution in [1.82, 2.24) is 0 Å². The molecule has 0 aromatic heterocycles. The minimum Gasteiger partial charge on any atom is -0.302 e. The molecular weight excluding hydrogens is 244 g/mol. The molecule has 2 aromatic carbocycles. The van der Waals surface area contributed by atoms with Gasteiger partial charge in [0.05, 0.1) is 4.90 Å². The summed E-state index contributed by atoms with van der Waals surface area (Å²) >= 11 is 3.64. The second-order valence-electron chi connectivity index (χ2n) is 2.86. The minimum atomic E-state index is -1.90. The normalized spacial score (nSPS) is 11.1. The zero-order chi connectivity index (χ0) is 11.8. The molecule has 2 nitrogen and oxygen atoms in total. The summed E-state index contributed by atoms with van der Waals surface area (Å²) in [4.78, 5) is 0.365. The van der Waals surface area contributed by atoms with Gasteiger partial charge in [0.2, 0.25) is 0 Å². The van der Waals surface area contributed by atoms with Gasteiger partial charge in [-0.05, 0) is 24.3 Å². The third kappa shape index (κ3) is 5.07. The number of benzene rings is 2. The fourth-order valence-corrected chi connectivity index (χ4v) is 1.43. The minimum absolute atomic E-state index is 0.365. The zero-order valence-corrected chi connectivity index (χ0v) is 9.99. The van der Waals surface area contributed by atoms with E-state index in [0.717, 1.165) is 0 Å². The van der Waals surface area contributed by atoms with Crippen LogP contribution >= 0.6 is 11.6 Å². The smallest absolute Gasteiger partial charge is 0.186 e. The van der Waals surface area contributed by atoms with Crippen molar-refractivity contribution in [3.63, 3.8) is 0 Å². The number of hydrogen-bond acceptors (Lipinski definition) is 1. The van der Waals surface area contributed by atoms with Gasteiger partial charge in [-0.15, -0.1) is 0 Å². The molecule has 1 N–H and O–H groups in total. The molecule has 2 aromatic rings. The average molecular weight is 255 g/mol. The van der Waals surface area contributed by atoms with E-state index in [1.54, 1.807) is 12.1 Å². The summed E-state index contributed by atoms with van der Waals surface area (Å²) in [5.74, 6) is 0. The molecule has 0 spiro atoms. The Morgan fingerprint density at radius 3 is 1.56 bits per heavy atom. The Balaban J connectivity index is 0.000000181. The van der Waals surface area contributed by atoms with Crippen molar-refractivity contribution in [3.8, 4) is 0 Å². The van der Waals surface area contributed by atoms with Crippen LogP contribution in [0.15, 0.2) is 65.6 Å². The molecule has 0 radical (unpaired) electrons. The molecule has 1 atom stereocenters. The van der Waals surface area contributed by atoms with Gasteiger partial charge in [0.15, 0.2) is 11.1 Å². The number of halogens is 1. The van der Waals surface area contributed by atoms with Gasteiger partial charge in [0.25, 0.3) is 0 Å². The Morgan fingerprint density at radius 2 is 1.25 bits per heavy atom. The second-order valence-corrected chi connectivity index (χ2v) is 4.26. The van der Waals surface area contributed by atoms with E-state index in [-0.39, 0.29) is 0 Å². The molecular formula is C12H11ClO2S. The topological polar surface area (TPSA) is 37.3 Å². The predicted molar refractivity (Wildman–Crippen MR) is 66.9 cm³/mol. The van der Waals surface area contributed by atoms with E-state index in [4.69, 9.17) is 16.2 Å². The van der Waals surface area contributed by atoms with Crippen LogP contribution in [0.4, 0.5) is 0 Å². The summed E-state index contributed by atoms with van der Waals surface area (Å²) in [6, 6.07) is 18.2. The summed E-state index contributed by atoms with van der Waals surface area (Å²) < 4.78 is 18.9. The van der Waals surface area contributed by atoms with E-state index in [1.165, 1.54) is 12.1 Å². The van der Waals surface area contributed by atoms with Crippen LogP contribution in [0, 0.1) is 0 Å². The predicted octanol–water partition coefficient (Wildman–Crippen LogP) is 3.61. The highest BCUT2D eigenvalue weighted by molar-refractivity contribution is 7.79. The molecule has 0 bridgehead atoms. The maximum atomic E-state index is 10.4. The molecule has 0 amide bonds. The molecule has 84 valence electrons. The van der Waals surface area contributed by atoms with E-state index in [2.05, 4.69) is 0 Å². The van der Waals surface area contributed by atoms with Crippen LogP contribution in [-0.4, -0.2) is 8.76 Å². The van der Waals surface area contributed by atoms with Gasteiger partial charge in [-0.3, -0.25) is 0 Å². The van der Waals surface area contributed by atoms with Gasteiger partial charge in [-0.25, -0.2) is 4.21 Å². The highest BCUT2D eigenvalue weighted by Gasteiger charge is 1.96. The SMILES string of the molecule is O=S(O)c1ccc(Cl)cc1.c1ccccc1. The molecule has 16 heavy (non-hydrogen) atoms. The first-order chi connectivity index (χ1) is 7.70. The van der Waals surface area contributed by atoms with E-state index in [1.807, 2.05) is 36.4 Å². The maximum absolute atomic E-state index is 10.4. The third-order valence-corrected chi connectivity index (χ3v) is 2.61. The monoisotopic (exact) mass is 254 g/mol. The van der Waals surface area contributed by atoms with Gasteiger partial charge >= 0.3 is 0 Å². The fourth-order valence-electron chi connectivity index (χ4n) is 0.936. The molecule has 1 unspecified atom stereocenters. The second kappa shape index (κ2) is 7.17. The summed E-state index contributed by atoms with van der Waals surface area (Å²) in [6.07, 6.45) is 0. The summed E-state index contributed by atoms with van der Waals surface area (Å²) in [6.45, 7) is 0. The number of hydrogen-bond donors (Lipinski definition) is 1. The van der Waals surface area contributed by atoms with Crippen LogP contribution in [0.25, 0.3) is 0 Å². The average Bonchev–Trinajstić information content (AvgIpc) is 2.32. The molecule has 4 heteroatoms. The molecule has 0 saturated heterocycles. The van der Waals surface area contributed by atoms with Crippen molar-refractivity contribution in [2.75, 3.05) is 0 Å². The van der Waals surface area contributed by atoms with Crippen molar-refractivity contribution in [2.24, 2.45) is 0 Å². The van der Waals surface area contributed by atoms with E-state index in [0.29, 0.717) is 9.92 Å². The summed E-state index contributed by atoms with van der Waals surface area (Å²) in [7, 11) is 0. The van der Waals surface area contributed by atoms with Gasteiger partial charge < -0.3 is 4.55 Å². The Bertz CT molecular complexity index is 402. The number of rotatable bonds is 1. The van der Waals surface area contributed by atoms with E-state index < -0.39 is 11.1 Å². The van der Waals surface area contributed by atoms with E-state index >= 15 is 0 Å². The Hall–Kier alpha value is -1.16. The lowest BCUT2D eigenvalue weighted by Crippen LogP contribution is -1.85. The molecule has 2 rings (SSSR count). The van der Waals surface area contributed by atoms with Crippen LogP contribution in [0.1, 0.15) is 0 Å². The van der Waals surface area contributed by atoms with Gasteiger partial charge in [0, 0.05) is 5.02 Å².